The molecule has 0 rings (SSSR count). The van der Waals surface area contributed by atoms with Crippen LogP contribution in [0.5, 0.6) is 0 Å². The van der Waals surface area contributed by atoms with Crippen molar-refractivity contribution in [3.8, 4) is 11.8 Å². The van der Waals surface area contributed by atoms with Crippen molar-refractivity contribution in [3.05, 3.63) is 0 Å². The Labute approximate surface area is 85.8 Å². The summed E-state index contributed by atoms with van der Waals surface area (Å²) in [5.41, 5.74) is -0.195. The first kappa shape index (κ1) is 12.7. The normalized spacial score (nSPS) is 16.5. The van der Waals surface area contributed by atoms with Crippen LogP contribution in [-0.4, -0.2) is 16.1 Å². The third-order valence-electron chi connectivity index (χ3n) is 3.44. The SMILES string of the molecule is CC#CC(C)(O[SiH3])C(C)(C)C(C)C. The molecule has 0 heterocycles. The summed E-state index contributed by atoms with van der Waals surface area (Å²) in [6.07, 6.45) is 0. The molecule has 76 valence electrons. The van der Waals surface area contributed by atoms with Crippen molar-refractivity contribution in [1.82, 2.24) is 0 Å². The standard InChI is InChI=1S/C11H22OSi/c1-7-8-11(6,12-13)10(4,5)9(2)3/h9H,1-6,13H3. The third kappa shape index (κ3) is 2.36. The fraction of sp³-hybridized carbons (Fsp3) is 0.818. The summed E-state index contributed by atoms with van der Waals surface area (Å²) in [6.45, 7) is 12.8. The quantitative estimate of drug-likeness (QED) is 0.496. The highest BCUT2D eigenvalue weighted by molar-refractivity contribution is 5.98. The molecular weight excluding hydrogens is 176 g/mol. The zero-order chi connectivity index (χ0) is 10.7. The van der Waals surface area contributed by atoms with Gasteiger partial charge in [0.25, 0.3) is 0 Å². The molecule has 0 fully saturated rings. The van der Waals surface area contributed by atoms with Gasteiger partial charge in [0.1, 0.15) is 16.1 Å². The van der Waals surface area contributed by atoms with Crippen molar-refractivity contribution >= 4 is 10.5 Å². The van der Waals surface area contributed by atoms with Gasteiger partial charge in [-0.1, -0.05) is 33.6 Å². The highest BCUT2D eigenvalue weighted by Gasteiger charge is 2.41. The molecular formula is C11H22OSi. The van der Waals surface area contributed by atoms with Crippen LogP contribution in [0.2, 0.25) is 0 Å². The second-order valence-corrected chi connectivity index (χ2v) is 4.90. The van der Waals surface area contributed by atoms with Crippen LogP contribution < -0.4 is 0 Å². The molecule has 0 spiro atoms. The van der Waals surface area contributed by atoms with E-state index in [0.717, 1.165) is 10.5 Å². The first-order valence-corrected chi connectivity index (χ1v) is 5.62. The van der Waals surface area contributed by atoms with E-state index >= 15 is 0 Å². The van der Waals surface area contributed by atoms with Gasteiger partial charge in [-0.15, -0.1) is 5.92 Å². The van der Waals surface area contributed by atoms with Gasteiger partial charge in [0.2, 0.25) is 0 Å². The fourth-order valence-corrected chi connectivity index (χ4v) is 1.89. The first-order chi connectivity index (χ1) is 5.81. The minimum Gasteiger partial charge on any atom is -0.412 e. The number of hydrogen-bond acceptors (Lipinski definition) is 1. The topological polar surface area (TPSA) is 9.23 Å². The summed E-state index contributed by atoms with van der Waals surface area (Å²) >= 11 is 0. The zero-order valence-corrected chi connectivity index (χ0v) is 12.0. The molecule has 2 heteroatoms. The van der Waals surface area contributed by atoms with Crippen molar-refractivity contribution in [1.29, 1.82) is 0 Å². The van der Waals surface area contributed by atoms with E-state index in [-0.39, 0.29) is 11.0 Å². The summed E-state index contributed by atoms with van der Waals surface area (Å²) < 4.78 is 5.67. The van der Waals surface area contributed by atoms with Gasteiger partial charge in [-0.05, 0) is 19.8 Å². The Morgan fingerprint density at radius 2 is 1.69 bits per heavy atom. The molecule has 1 nitrogen and oxygen atoms in total. The van der Waals surface area contributed by atoms with Crippen LogP contribution >= 0.6 is 0 Å². The molecule has 0 aliphatic rings. The lowest BCUT2D eigenvalue weighted by Crippen LogP contribution is -2.46. The van der Waals surface area contributed by atoms with E-state index < -0.39 is 0 Å². The van der Waals surface area contributed by atoms with Crippen molar-refractivity contribution < 1.29 is 4.43 Å². The van der Waals surface area contributed by atoms with Crippen LogP contribution in [0.15, 0.2) is 0 Å². The van der Waals surface area contributed by atoms with Crippen LogP contribution in [0.4, 0.5) is 0 Å². The number of rotatable bonds is 3. The molecule has 0 saturated heterocycles. The Bertz CT molecular complexity index is 222. The molecule has 0 aromatic carbocycles. The molecule has 0 amide bonds. The molecule has 0 aromatic heterocycles. The summed E-state index contributed by atoms with van der Waals surface area (Å²) in [5.74, 6) is 6.72. The van der Waals surface area contributed by atoms with Crippen LogP contribution in [0.1, 0.15) is 41.5 Å². The van der Waals surface area contributed by atoms with Gasteiger partial charge in [-0.3, -0.25) is 0 Å². The van der Waals surface area contributed by atoms with Gasteiger partial charge in [-0.2, -0.15) is 0 Å². The van der Waals surface area contributed by atoms with Crippen molar-refractivity contribution in [2.24, 2.45) is 11.3 Å². The first-order valence-electron chi connectivity index (χ1n) is 4.81. The monoisotopic (exact) mass is 198 g/mol. The van der Waals surface area contributed by atoms with Gasteiger partial charge < -0.3 is 4.43 Å². The third-order valence-corrected chi connectivity index (χ3v) is 4.26. The summed E-state index contributed by atoms with van der Waals surface area (Å²) in [4.78, 5) is 0. The van der Waals surface area contributed by atoms with Gasteiger partial charge in [0, 0.05) is 5.41 Å². The second kappa shape index (κ2) is 4.30. The summed E-state index contributed by atoms with van der Waals surface area (Å²) in [5, 5.41) is 0. The molecule has 0 bridgehead atoms. The smallest absolute Gasteiger partial charge is 0.148 e. The molecule has 0 aliphatic heterocycles. The molecule has 0 N–H and O–H groups in total. The molecule has 1 unspecified atom stereocenters. The van der Waals surface area contributed by atoms with Crippen LogP contribution in [0, 0.1) is 23.2 Å². The predicted molar refractivity (Wildman–Crippen MR) is 61.5 cm³/mol. The highest BCUT2D eigenvalue weighted by atomic mass is 28.2. The molecule has 0 aromatic rings. The van der Waals surface area contributed by atoms with Crippen LogP contribution in [-0.2, 0) is 4.43 Å². The lowest BCUT2D eigenvalue weighted by molar-refractivity contribution is -0.000670. The van der Waals surface area contributed by atoms with E-state index in [2.05, 4.69) is 46.5 Å². The van der Waals surface area contributed by atoms with Gasteiger partial charge >= 0.3 is 0 Å². The van der Waals surface area contributed by atoms with E-state index in [1.807, 2.05) is 6.92 Å². The average Bonchev–Trinajstić information content (AvgIpc) is 2.04. The van der Waals surface area contributed by atoms with E-state index in [4.69, 9.17) is 4.43 Å². The van der Waals surface area contributed by atoms with Crippen molar-refractivity contribution in [2.45, 2.75) is 47.1 Å². The van der Waals surface area contributed by atoms with Crippen LogP contribution in [0.25, 0.3) is 0 Å². The van der Waals surface area contributed by atoms with Crippen molar-refractivity contribution in [2.75, 3.05) is 0 Å². The minimum atomic E-state index is -0.290. The maximum absolute atomic E-state index is 5.67. The van der Waals surface area contributed by atoms with Gasteiger partial charge in [-0.25, -0.2) is 0 Å². The molecule has 0 aliphatic carbocycles. The van der Waals surface area contributed by atoms with E-state index in [0.29, 0.717) is 5.92 Å². The van der Waals surface area contributed by atoms with E-state index in [1.54, 1.807) is 0 Å². The molecule has 0 saturated carbocycles. The van der Waals surface area contributed by atoms with Crippen molar-refractivity contribution in [3.63, 3.8) is 0 Å². The molecule has 0 radical (unpaired) electrons. The Kier molecular flexibility index (Phi) is 4.21. The Hall–Kier alpha value is -0.263. The average molecular weight is 198 g/mol. The lowest BCUT2D eigenvalue weighted by atomic mass is 9.69. The second-order valence-electron chi connectivity index (χ2n) is 4.49. The van der Waals surface area contributed by atoms with E-state index in [1.165, 1.54) is 0 Å². The van der Waals surface area contributed by atoms with Gasteiger partial charge in [0.15, 0.2) is 0 Å². The highest BCUT2D eigenvalue weighted by Crippen LogP contribution is 2.39. The fourth-order valence-electron chi connectivity index (χ4n) is 1.26. The van der Waals surface area contributed by atoms with E-state index in [9.17, 15) is 0 Å². The number of hydrogen-bond donors (Lipinski definition) is 0. The Balaban J connectivity index is 5.02. The van der Waals surface area contributed by atoms with Gasteiger partial charge in [0.05, 0.1) is 0 Å². The Morgan fingerprint density at radius 1 is 1.23 bits per heavy atom. The van der Waals surface area contributed by atoms with Crippen LogP contribution in [0.3, 0.4) is 0 Å². The maximum atomic E-state index is 5.67. The predicted octanol–water partition coefficient (Wildman–Crippen LogP) is 1.75. The lowest BCUT2D eigenvalue weighted by Gasteiger charge is -2.43. The largest absolute Gasteiger partial charge is 0.412 e. The minimum absolute atomic E-state index is 0.0950. The zero-order valence-electron chi connectivity index (χ0n) is 9.99. The summed E-state index contributed by atoms with van der Waals surface area (Å²) in [7, 11) is 0.735. The molecule has 1 atom stereocenters. The maximum Gasteiger partial charge on any atom is 0.148 e. The Morgan fingerprint density at radius 3 is 1.92 bits per heavy atom. The molecule has 13 heavy (non-hydrogen) atoms. The summed E-state index contributed by atoms with van der Waals surface area (Å²) in [6, 6.07) is 0.